The lowest BCUT2D eigenvalue weighted by Crippen LogP contribution is -2.48. The molecule has 6 aromatic rings. The number of carbonyl (C=O) groups is 4. The minimum Gasteiger partial charge on any atom is -0.488 e. The van der Waals surface area contributed by atoms with E-state index in [1.54, 1.807) is 0 Å². The predicted octanol–water partition coefficient (Wildman–Crippen LogP) is 10.7. The van der Waals surface area contributed by atoms with Crippen molar-refractivity contribution in [2.75, 3.05) is 65.9 Å². The lowest BCUT2D eigenvalue weighted by molar-refractivity contribution is -0.123. The lowest BCUT2D eigenvalue weighted by atomic mass is 9.98. The molecule has 428 valence electrons. The Labute approximate surface area is 476 Å². The van der Waals surface area contributed by atoms with Crippen molar-refractivity contribution in [2.45, 2.75) is 102 Å². The number of fused-ring (bicyclic) bond motifs is 6. The monoisotopic (exact) mass is 1100 g/mol. The highest BCUT2D eigenvalue weighted by Gasteiger charge is 2.32. The maximum Gasteiger partial charge on any atom is 0.407 e. The van der Waals surface area contributed by atoms with Crippen LogP contribution in [0.3, 0.4) is 0 Å². The van der Waals surface area contributed by atoms with E-state index in [4.69, 9.17) is 33.2 Å². The van der Waals surface area contributed by atoms with Crippen LogP contribution >= 0.6 is 0 Å². The van der Waals surface area contributed by atoms with Crippen LogP contribution in [0.4, 0.5) is 9.59 Å². The van der Waals surface area contributed by atoms with Gasteiger partial charge in [-0.25, -0.2) is 9.59 Å². The van der Waals surface area contributed by atoms with Gasteiger partial charge in [0.2, 0.25) is 11.8 Å². The van der Waals surface area contributed by atoms with Crippen LogP contribution in [0.15, 0.2) is 146 Å². The average Bonchev–Trinajstić information content (AvgIpc) is 4.20. The van der Waals surface area contributed by atoms with Crippen molar-refractivity contribution < 1.29 is 52.3 Å². The molecule has 2 atom stereocenters. The predicted molar refractivity (Wildman–Crippen MR) is 313 cm³/mol. The topological polar surface area (TPSA) is 181 Å². The molecule has 0 saturated heterocycles. The summed E-state index contributed by atoms with van der Waals surface area (Å²) in [6.45, 7) is 15.1. The minimum atomic E-state index is -0.891. The second-order valence-corrected chi connectivity index (χ2v) is 22.3. The van der Waals surface area contributed by atoms with Crippen LogP contribution in [0.25, 0.3) is 22.3 Å². The summed E-state index contributed by atoms with van der Waals surface area (Å²) in [7, 11) is 0. The van der Waals surface area contributed by atoms with Crippen LogP contribution in [0, 0.1) is 0 Å². The van der Waals surface area contributed by atoms with E-state index in [1.165, 1.54) is 0 Å². The lowest BCUT2D eigenvalue weighted by Gasteiger charge is -2.22. The Kier molecular flexibility index (Phi) is 21.0. The van der Waals surface area contributed by atoms with Gasteiger partial charge in [-0.1, -0.05) is 121 Å². The van der Waals surface area contributed by atoms with Gasteiger partial charge in [0, 0.05) is 51.0 Å². The van der Waals surface area contributed by atoms with E-state index in [-0.39, 0.29) is 60.9 Å². The molecule has 0 aliphatic heterocycles. The zero-order valence-electron chi connectivity index (χ0n) is 47.6. The molecule has 0 spiro atoms. The fourth-order valence-electron chi connectivity index (χ4n) is 10.1. The molecule has 8 rings (SSSR count). The quantitative estimate of drug-likeness (QED) is 0.0343. The molecule has 4 N–H and O–H groups in total. The molecule has 0 aromatic heterocycles. The minimum absolute atomic E-state index is 0.114. The Morgan fingerprint density at radius 2 is 0.728 bits per heavy atom. The number of rotatable bonds is 28. The first kappa shape index (κ1) is 59.4. The Morgan fingerprint density at radius 3 is 1.05 bits per heavy atom. The molecule has 0 saturated carbocycles. The fraction of sp³-hybridized carbons (Fsp3) is 0.394. The van der Waals surface area contributed by atoms with Gasteiger partial charge in [0.25, 0.3) is 0 Å². The van der Waals surface area contributed by atoms with Crippen LogP contribution in [-0.2, 0) is 46.1 Å². The first-order valence-electron chi connectivity index (χ1n) is 28.2. The number of hydrogen-bond acceptors (Lipinski definition) is 11. The second-order valence-electron chi connectivity index (χ2n) is 22.3. The third-order valence-corrected chi connectivity index (χ3v) is 13.8. The van der Waals surface area contributed by atoms with Crippen LogP contribution in [0.5, 0.6) is 11.5 Å². The van der Waals surface area contributed by atoms with Gasteiger partial charge >= 0.3 is 12.2 Å². The van der Waals surface area contributed by atoms with Crippen molar-refractivity contribution in [3.8, 4) is 33.8 Å². The van der Waals surface area contributed by atoms with Crippen molar-refractivity contribution >= 4 is 24.0 Å². The highest BCUT2D eigenvalue weighted by atomic mass is 16.6. The zero-order chi connectivity index (χ0) is 57.2. The maximum atomic E-state index is 13.6. The van der Waals surface area contributed by atoms with Crippen LogP contribution in [0.1, 0.15) is 99.6 Å². The first-order valence-corrected chi connectivity index (χ1v) is 28.2. The van der Waals surface area contributed by atoms with Gasteiger partial charge < -0.3 is 54.4 Å². The van der Waals surface area contributed by atoms with Crippen LogP contribution in [0.2, 0.25) is 0 Å². The summed E-state index contributed by atoms with van der Waals surface area (Å²) in [5.41, 5.74) is 9.91. The van der Waals surface area contributed by atoms with Gasteiger partial charge in [0.15, 0.2) is 0 Å². The number of hydrogen-bond donors (Lipinski definition) is 4. The molecule has 4 amide bonds. The summed E-state index contributed by atoms with van der Waals surface area (Å²) in [6, 6.07) is 45.8. The Hall–Kier alpha value is -7.72. The van der Waals surface area contributed by atoms with Gasteiger partial charge in [0.05, 0.1) is 26.4 Å². The molecule has 0 bridgehead atoms. The molecule has 0 radical (unpaired) electrons. The largest absolute Gasteiger partial charge is 0.488 e. The van der Waals surface area contributed by atoms with Gasteiger partial charge in [-0.05, 0) is 134 Å². The third-order valence-electron chi connectivity index (χ3n) is 13.8. The summed E-state index contributed by atoms with van der Waals surface area (Å²) in [6.07, 6.45) is 0.254. The van der Waals surface area contributed by atoms with Crippen molar-refractivity contribution in [1.82, 2.24) is 21.3 Å². The molecule has 2 aliphatic rings. The smallest absolute Gasteiger partial charge is 0.407 e. The van der Waals surface area contributed by atoms with Crippen molar-refractivity contribution in [3.63, 3.8) is 0 Å². The van der Waals surface area contributed by atoms with Gasteiger partial charge in [0.1, 0.15) is 48.0 Å². The van der Waals surface area contributed by atoms with Gasteiger partial charge in [-0.2, -0.15) is 0 Å². The average molecular weight is 1100 g/mol. The number of benzene rings is 6. The summed E-state index contributed by atoms with van der Waals surface area (Å²) in [5, 5.41) is 11.6. The van der Waals surface area contributed by atoms with E-state index in [0.29, 0.717) is 77.1 Å². The highest BCUT2D eigenvalue weighted by Crippen LogP contribution is 2.46. The molecular formula is C66H78N4O11. The van der Waals surface area contributed by atoms with E-state index < -0.39 is 24.3 Å². The second kappa shape index (κ2) is 28.6. The summed E-state index contributed by atoms with van der Waals surface area (Å²) < 4.78 is 40.8. The molecule has 2 unspecified atom stereocenters. The third kappa shape index (κ3) is 17.6. The van der Waals surface area contributed by atoms with E-state index in [0.717, 1.165) is 55.6 Å². The van der Waals surface area contributed by atoms with Gasteiger partial charge in [-0.15, -0.1) is 0 Å². The van der Waals surface area contributed by atoms with Crippen LogP contribution in [-0.4, -0.2) is 113 Å². The zero-order valence-corrected chi connectivity index (χ0v) is 47.6. The number of nitrogens with one attached hydrogen (secondary N) is 4. The normalized spacial score (nSPS) is 13.4. The molecule has 15 nitrogen and oxygen atoms in total. The first-order chi connectivity index (χ1) is 39.1. The summed E-state index contributed by atoms with van der Waals surface area (Å²) >= 11 is 0. The molecule has 81 heavy (non-hydrogen) atoms. The molecule has 2 aliphatic carbocycles. The maximum absolute atomic E-state index is 13.6. The molecule has 0 fully saturated rings. The van der Waals surface area contributed by atoms with Crippen molar-refractivity contribution in [2.24, 2.45) is 0 Å². The molecular weight excluding hydrogens is 1020 g/mol. The SMILES string of the molecule is CC(C)(C)Oc1ccc(CC(NC(=O)OCC2c3ccccc3-c3ccccc32)C(=O)NCCCOCCOCCOCCCNC(=O)C(Cc2ccc(OC(C)(C)C)cc2)NC(=O)OCC2c3ccccc3-c3ccccc32)cc1. The Balaban J connectivity index is 0.711. The number of amides is 4. The van der Waals surface area contributed by atoms with Crippen molar-refractivity contribution in [1.29, 1.82) is 0 Å². The standard InChI is InChI=1S/C66H78N4O11/c1-65(2,3)80-47-29-25-45(26-30-47)41-59(69-63(73)78-43-57-53-21-11-7-17-49(53)50-18-8-12-22-54(50)57)61(71)67-33-15-35-75-37-39-77-40-38-76-36-16-34-68-62(72)60(42-46-27-31-48(32-28-46)81-66(4,5)6)70-64(74)79-44-58-55-23-13-9-19-51(55)52-20-10-14-24-56(52)58/h7-14,17-32,57-60H,15-16,33-44H2,1-6H3,(H,67,71)(H,68,72)(H,69,73)(H,70,74). The fourth-order valence-corrected chi connectivity index (χ4v) is 10.1. The molecule has 15 heteroatoms. The Morgan fingerprint density at radius 1 is 0.420 bits per heavy atom. The van der Waals surface area contributed by atoms with E-state index in [9.17, 15) is 19.2 Å². The number of carbonyl (C=O) groups excluding carboxylic acids is 4. The summed E-state index contributed by atoms with van der Waals surface area (Å²) in [5.74, 6) is 0.530. The number of alkyl carbamates (subject to hydrolysis) is 2. The molecule has 0 heterocycles. The van der Waals surface area contributed by atoms with Crippen LogP contribution < -0.4 is 30.7 Å². The van der Waals surface area contributed by atoms with E-state index >= 15 is 0 Å². The highest BCUT2D eigenvalue weighted by molar-refractivity contribution is 5.87. The number of ether oxygens (including phenoxy) is 7. The Bertz CT molecular complexity index is 2730. The molecule has 6 aromatic carbocycles. The van der Waals surface area contributed by atoms with E-state index in [1.807, 2.05) is 139 Å². The summed E-state index contributed by atoms with van der Waals surface area (Å²) in [4.78, 5) is 54.0. The van der Waals surface area contributed by atoms with Gasteiger partial charge in [-0.3, -0.25) is 9.59 Å². The van der Waals surface area contributed by atoms with E-state index in [2.05, 4.69) is 69.8 Å². The van der Waals surface area contributed by atoms with Crippen molar-refractivity contribution in [3.05, 3.63) is 179 Å².